The van der Waals surface area contributed by atoms with Crippen molar-refractivity contribution in [3.63, 3.8) is 0 Å². The van der Waals surface area contributed by atoms with Crippen LogP contribution in [0.3, 0.4) is 0 Å². The van der Waals surface area contributed by atoms with Crippen LogP contribution in [0.2, 0.25) is 0 Å². The molecular formula is C20H19F3N4O3. The molecule has 3 rings (SSSR count). The van der Waals surface area contributed by atoms with Gasteiger partial charge >= 0.3 is 12.1 Å². The SMILES string of the molecule is CCOC(=O)C1=NN(c2ccccc2)C(C(=O)NNc2ccccc2C(F)(F)F)C1. The van der Waals surface area contributed by atoms with Gasteiger partial charge in [0.1, 0.15) is 11.8 Å². The third-order valence-corrected chi connectivity index (χ3v) is 4.30. The zero-order valence-corrected chi connectivity index (χ0v) is 15.9. The molecule has 158 valence electrons. The monoisotopic (exact) mass is 420 g/mol. The lowest BCUT2D eigenvalue weighted by atomic mass is 10.1. The molecule has 0 radical (unpaired) electrons. The number of hydrazine groups is 1. The summed E-state index contributed by atoms with van der Waals surface area (Å²) >= 11 is 0. The molecule has 2 aromatic rings. The minimum atomic E-state index is -4.59. The van der Waals surface area contributed by atoms with Crippen LogP contribution in [0, 0.1) is 0 Å². The summed E-state index contributed by atoms with van der Waals surface area (Å²) in [5, 5.41) is 5.54. The molecule has 1 aliphatic rings. The fraction of sp³-hybridized carbons (Fsp3) is 0.250. The van der Waals surface area contributed by atoms with Crippen LogP contribution in [-0.4, -0.2) is 30.2 Å². The first-order chi connectivity index (χ1) is 14.3. The van der Waals surface area contributed by atoms with E-state index in [1.54, 1.807) is 37.3 Å². The first-order valence-electron chi connectivity index (χ1n) is 9.12. The number of nitrogens with one attached hydrogen (secondary N) is 2. The standard InChI is InChI=1S/C20H19F3N4O3/c1-2-30-19(29)16-12-17(27(26-16)13-8-4-3-5-9-13)18(28)25-24-15-11-7-6-10-14(15)20(21,22)23/h3-11,17,24H,2,12H2,1H3,(H,25,28). The van der Waals surface area contributed by atoms with E-state index in [1.807, 2.05) is 0 Å². The Morgan fingerprint density at radius 1 is 1.13 bits per heavy atom. The van der Waals surface area contributed by atoms with Crippen molar-refractivity contribution in [3.8, 4) is 0 Å². The Hall–Kier alpha value is -3.56. The van der Waals surface area contributed by atoms with Crippen molar-refractivity contribution in [3.05, 3.63) is 60.2 Å². The number of carbonyl (C=O) groups is 2. The first-order valence-corrected chi connectivity index (χ1v) is 9.12. The van der Waals surface area contributed by atoms with Gasteiger partial charge in [-0.3, -0.25) is 20.7 Å². The molecule has 1 aliphatic heterocycles. The number of hydrazone groups is 1. The van der Waals surface area contributed by atoms with Gasteiger partial charge in [0, 0.05) is 6.42 Å². The van der Waals surface area contributed by atoms with Crippen molar-refractivity contribution in [2.45, 2.75) is 25.6 Å². The van der Waals surface area contributed by atoms with Gasteiger partial charge in [0.05, 0.1) is 23.5 Å². The molecule has 0 aliphatic carbocycles. The highest BCUT2D eigenvalue weighted by Gasteiger charge is 2.37. The number of carbonyl (C=O) groups excluding carboxylic acids is 2. The van der Waals surface area contributed by atoms with Crippen molar-refractivity contribution in [2.24, 2.45) is 5.10 Å². The van der Waals surface area contributed by atoms with Gasteiger partial charge in [0.25, 0.3) is 5.91 Å². The van der Waals surface area contributed by atoms with E-state index in [0.717, 1.165) is 6.07 Å². The highest BCUT2D eigenvalue weighted by atomic mass is 19.4. The number of hydrogen-bond donors (Lipinski definition) is 2. The van der Waals surface area contributed by atoms with Crippen molar-refractivity contribution < 1.29 is 27.5 Å². The van der Waals surface area contributed by atoms with Gasteiger partial charge in [-0.1, -0.05) is 30.3 Å². The lowest BCUT2D eigenvalue weighted by Crippen LogP contribution is -2.45. The number of esters is 1. The van der Waals surface area contributed by atoms with Crippen LogP contribution >= 0.6 is 0 Å². The zero-order valence-electron chi connectivity index (χ0n) is 15.9. The second-order valence-electron chi connectivity index (χ2n) is 6.32. The molecule has 0 saturated heterocycles. The Bertz CT molecular complexity index is 948. The molecule has 1 atom stereocenters. The average molecular weight is 420 g/mol. The molecular weight excluding hydrogens is 401 g/mol. The fourth-order valence-corrected chi connectivity index (χ4v) is 2.92. The predicted molar refractivity (Wildman–Crippen MR) is 105 cm³/mol. The van der Waals surface area contributed by atoms with Crippen LogP contribution in [0.15, 0.2) is 59.7 Å². The van der Waals surface area contributed by atoms with E-state index in [1.165, 1.54) is 23.2 Å². The predicted octanol–water partition coefficient (Wildman–Crippen LogP) is 3.35. The van der Waals surface area contributed by atoms with Gasteiger partial charge < -0.3 is 4.74 Å². The minimum absolute atomic E-state index is 0.0524. The molecule has 1 unspecified atom stereocenters. The third kappa shape index (κ3) is 4.70. The van der Waals surface area contributed by atoms with Crippen molar-refractivity contribution in [1.29, 1.82) is 0 Å². The summed E-state index contributed by atoms with van der Waals surface area (Å²) in [6.07, 6.45) is -4.64. The highest BCUT2D eigenvalue weighted by molar-refractivity contribution is 6.38. The van der Waals surface area contributed by atoms with Gasteiger partial charge in [0.2, 0.25) is 0 Å². The molecule has 0 fully saturated rings. The van der Waals surface area contributed by atoms with E-state index in [4.69, 9.17) is 4.74 Å². The first kappa shape index (κ1) is 21.2. The van der Waals surface area contributed by atoms with E-state index >= 15 is 0 Å². The molecule has 0 saturated carbocycles. The Morgan fingerprint density at radius 2 is 1.80 bits per heavy atom. The van der Waals surface area contributed by atoms with Crippen LogP contribution in [-0.2, 0) is 20.5 Å². The quantitative estimate of drug-likeness (QED) is 0.553. The number of alkyl halides is 3. The molecule has 0 spiro atoms. The van der Waals surface area contributed by atoms with Crippen LogP contribution in [0.5, 0.6) is 0 Å². The lowest BCUT2D eigenvalue weighted by molar-refractivity contribution is -0.137. The average Bonchev–Trinajstić information content (AvgIpc) is 3.18. The van der Waals surface area contributed by atoms with Crippen LogP contribution in [0.1, 0.15) is 18.9 Å². The van der Waals surface area contributed by atoms with E-state index < -0.39 is 29.7 Å². The summed E-state index contributed by atoms with van der Waals surface area (Å²) < 4.78 is 44.4. The number of ether oxygens (including phenoxy) is 1. The lowest BCUT2D eigenvalue weighted by Gasteiger charge is -2.23. The molecule has 30 heavy (non-hydrogen) atoms. The van der Waals surface area contributed by atoms with Crippen LogP contribution in [0.4, 0.5) is 24.5 Å². The molecule has 1 heterocycles. The van der Waals surface area contributed by atoms with E-state index in [9.17, 15) is 22.8 Å². The molecule has 2 aromatic carbocycles. The number of halogens is 3. The van der Waals surface area contributed by atoms with Crippen LogP contribution in [0.25, 0.3) is 0 Å². The van der Waals surface area contributed by atoms with Gasteiger partial charge in [-0.05, 0) is 31.2 Å². The molecule has 2 N–H and O–H groups in total. The summed E-state index contributed by atoms with van der Waals surface area (Å²) in [4.78, 5) is 24.8. The maximum Gasteiger partial charge on any atom is 0.418 e. The Kier molecular flexibility index (Phi) is 6.24. The summed E-state index contributed by atoms with van der Waals surface area (Å²) in [6.45, 7) is 1.80. The largest absolute Gasteiger partial charge is 0.461 e. The Balaban J connectivity index is 1.78. The van der Waals surface area contributed by atoms with E-state index in [2.05, 4.69) is 16.0 Å². The molecule has 0 bridgehead atoms. The second-order valence-corrected chi connectivity index (χ2v) is 6.32. The topological polar surface area (TPSA) is 83.0 Å². The molecule has 7 nitrogen and oxygen atoms in total. The number of nitrogens with zero attached hydrogens (tertiary/aromatic N) is 2. The van der Waals surface area contributed by atoms with Crippen molar-refractivity contribution in [1.82, 2.24) is 5.43 Å². The number of anilines is 2. The van der Waals surface area contributed by atoms with E-state index in [-0.39, 0.29) is 24.4 Å². The van der Waals surface area contributed by atoms with Gasteiger partial charge in [0.15, 0.2) is 0 Å². The smallest absolute Gasteiger partial charge is 0.418 e. The second kappa shape index (κ2) is 8.85. The number of benzene rings is 2. The van der Waals surface area contributed by atoms with Gasteiger partial charge in [-0.2, -0.15) is 18.3 Å². The van der Waals surface area contributed by atoms with E-state index in [0.29, 0.717) is 5.69 Å². The molecule has 10 heteroatoms. The number of para-hydroxylation sites is 2. The van der Waals surface area contributed by atoms with Crippen molar-refractivity contribution >= 4 is 29.0 Å². The third-order valence-electron chi connectivity index (χ3n) is 4.30. The zero-order chi connectivity index (χ0) is 21.7. The normalized spacial score (nSPS) is 16.1. The van der Waals surface area contributed by atoms with Crippen LogP contribution < -0.4 is 15.9 Å². The Labute approximate surface area is 170 Å². The number of amides is 1. The van der Waals surface area contributed by atoms with Gasteiger partial charge in [-0.15, -0.1) is 0 Å². The highest BCUT2D eigenvalue weighted by Crippen LogP contribution is 2.34. The summed E-state index contributed by atoms with van der Waals surface area (Å²) in [5.41, 5.74) is 4.00. The summed E-state index contributed by atoms with van der Waals surface area (Å²) in [5.74, 6) is -1.30. The van der Waals surface area contributed by atoms with Gasteiger partial charge in [-0.25, -0.2) is 4.79 Å². The maximum atomic E-state index is 13.1. The summed E-state index contributed by atoms with van der Waals surface area (Å²) in [6, 6.07) is 12.5. The molecule has 1 amide bonds. The number of hydrogen-bond acceptors (Lipinski definition) is 6. The van der Waals surface area contributed by atoms with Crippen molar-refractivity contribution in [2.75, 3.05) is 17.0 Å². The molecule has 0 aromatic heterocycles. The number of rotatable bonds is 6. The fourth-order valence-electron chi connectivity index (χ4n) is 2.92. The summed E-state index contributed by atoms with van der Waals surface area (Å²) in [7, 11) is 0. The maximum absolute atomic E-state index is 13.1. The Morgan fingerprint density at radius 3 is 2.47 bits per heavy atom. The minimum Gasteiger partial charge on any atom is -0.461 e.